The molecule has 0 aromatic rings. The topological polar surface area (TPSA) is 107 Å². The summed E-state index contributed by atoms with van der Waals surface area (Å²) < 4.78 is 5.80. The molecule has 0 radical (unpaired) electrons. The molecule has 6 heteroatoms. The molecule has 5 unspecified atom stereocenters. The van der Waals surface area contributed by atoms with E-state index in [1.54, 1.807) is 0 Å². The minimum Gasteiger partial charge on any atom is -0.392 e. The summed E-state index contributed by atoms with van der Waals surface area (Å²) in [5.74, 6) is -3.80. The smallest absolute Gasteiger partial charge is 0.208 e. The van der Waals surface area contributed by atoms with Crippen LogP contribution in [0.25, 0.3) is 0 Å². The number of carbonyl (C=O) groups excluding carboxylic acids is 1. The number of fused-ring (bicyclic) bond motifs is 2. The summed E-state index contributed by atoms with van der Waals surface area (Å²) in [5.41, 5.74) is -2.49. The van der Waals surface area contributed by atoms with E-state index in [2.05, 4.69) is 6.58 Å². The number of aliphatic hydroxyl groups excluding tert-OH is 3. The van der Waals surface area contributed by atoms with Crippen LogP contribution in [0.2, 0.25) is 0 Å². The summed E-state index contributed by atoms with van der Waals surface area (Å²) in [7, 11) is 0. The highest BCUT2D eigenvalue weighted by molar-refractivity contribution is 6.05. The lowest BCUT2D eigenvalue weighted by Crippen LogP contribution is -2.85. The van der Waals surface area contributed by atoms with Gasteiger partial charge in [-0.05, 0) is 42.6 Å². The molecule has 144 valence electrons. The third-order valence-corrected chi connectivity index (χ3v) is 8.88. The predicted molar refractivity (Wildman–Crippen MR) is 90.7 cm³/mol. The molecular weight excluding hydrogens is 336 g/mol. The quantitative estimate of drug-likeness (QED) is 0.463. The van der Waals surface area contributed by atoms with Crippen molar-refractivity contribution in [2.45, 2.75) is 63.6 Å². The normalized spacial score (nSPS) is 59.9. The second kappa shape index (κ2) is 4.61. The van der Waals surface area contributed by atoms with Crippen molar-refractivity contribution in [2.24, 2.45) is 34.0 Å². The monoisotopic (exact) mass is 364 g/mol. The summed E-state index contributed by atoms with van der Waals surface area (Å²) >= 11 is 0. The Kier molecular flexibility index (Phi) is 3.07. The highest BCUT2D eigenvalue weighted by atomic mass is 16.6. The average Bonchev–Trinajstić information content (AvgIpc) is 2.69. The van der Waals surface area contributed by atoms with E-state index >= 15 is 0 Å². The van der Waals surface area contributed by atoms with Crippen LogP contribution in [-0.2, 0) is 9.53 Å². The van der Waals surface area contributed by atoms with Gasteiger partial charge >= 0.3 is 0 Å². The molecule has 4 saturated carbocycles. The van der Waals surface area contributed by atoms with E-state index in [-0.39, 0.29) is 12.0 Å². The van der Waals surface area contributed by atoms with Crippen LogP contribution in [0.1, 0.15) is 39.5 Å². The number of ether oxygens (including phenoxy) is 1. The Labute approximate surface area is 152 Å². The van der Waals surface area contributed by atoms with Gasteiger partial charge in [-0.25, -0.2) is 0 Å². The molecule has 6 nitrogen and oxygen atoms in total. The molecule has 6 fully saturated rings. The zero-order chi connectivity index (χ0) is 18.9. The van der Waals surface area contributed by atoms with E-state index in [4.69, 9.17) is 4.74 Å². The van der Waals surface area contributed by atoms with Gasteiger partial charge in [0.05, 0.1) is 18.8 Å². The number of Topliss-reactive ketones (excluding diaryl/α,β-unsaturated/α-hetero) is 1. The number of ketones is 1. The van der Waals surface area contributed by atoms with Crippen LogP contribution in [0.15, 0.2) is 12.2 Å². The zero-order valence-electron chi connectivity index (χ0n) is 15.3. The molecule has 6 aliphatic rings. The van der Waals surface area contributed by atoms with Crippen LogP contribution in [0.4, 0.5) is 0 Å². The number of rotatable bonds is 0. The lowest BCUT2D eigenvalue weighted by molar-refractivity contribution is -0.458. The van der Waals surface area contributed by atoms with Gasteiger partial charge in [-0.1, -0.05) is 20.4 Å². The molecule has 6 rings (SSSR count). The molecule has 2 saturated heterocycles. The number of carbonyl (C=O) groups is 1. The van der Waals surface area contributed by atoms with Gasteiger partial charge in [0.1, 0.15) is 11.5 Å². The minimum absolute atomic E-state index is 0.0966. The number of aliphatic hydroxyl groups is 4. The van der Waals surface area contributed by atoms with Crippen molar-refractivity contribution in [1.29, 1.82) is 0 Å². The maximum Gasteiger partial charge on any atom is 0.208 e. The Balaban J connectivity index is 1.81. The van der Waals surface area contributed by atoms with Crippen molar-refractivity contribution in [3.8, 4) is 0 Å². The van der Waals surface area contributed by atoms with Gasteiger partial charge in [-0.2, -0.15) is 0 Å². The van der Waals surface area contributed by atoms with Gasteiger partial charge in [0.15, 0.2) is 5.78 Å². The summed E-state index contributed by atoms with van der Waals surface area (Å²) in [4.78, 5) is 13.3. The van der Waals surface area contributed by atoms with Crippen molar-refractivity contribution < 1.29 is 30.0 Å². The van der Waals surface area contributed by atoms with Crippen LogP contribution in [0.3, 0.4) is 0 Å². The van der Waals surface area contributed by atoms with Crippen LogP contribution in [-0.4, -0.2) is 56.9 Å². The second-order valence-corrected chi connectivity index (χ2v) is 9.97. The Morgan fingerprint density at radius 1 is 1.12 bits per heavy atom. The zero-order valence-corrected chi connectivity index (χ0v) is 15.3. The Morgan fingerprint density at radius 3 is 2.50 bits per heavy atom. The van der Waals surface area contributed by atoms with Crippen LogP contribution in [0.5, 0.6) is 0 Å². The molecule has 2 aliphatic heterocycles. The molecule has 2 spiro atoms. The van der Waals surface area contributed by atoms with E-state index in [1.165, 1.54) is 0 Å². The summed E-state index contributed by atoms with van der Waals surface area (Å²) in [6.45, 7) is 8.07. The summed E-state index contributed by atoms with van der Waals surface area (Å²) in [6.07, 6.45) is -0.747. The third kappa shape index (κ3) is 1.41. The molecule has 0 aromatic carbocycles. The predicted octanol–water partition coefficient (Wildman–Crippen LogP) is 0.376. The number of hydrogen-bond donors (Lipinski definition) is 4. The van der Waals surface area contributed by atoms with Gasteiger partial charge in [-0.15, -0.1) is 0 Å². The fourth-order valence-corrected chi connectivity index (χ4v) is 7.90. The fraction of sp³-hybridized carbons (Fsp3) is 0.850. The van der Waals surface area contributed by atoms with Crippen molar-refractivity contribution in [2.75, 3.05) is 6.61 Å². The standard InChI is InChI=1S/C20H28O6/c1-9-10-4-5-11-18-8-26-20(25,19(11,14(9)22)15(10)23)16(24)13(18)17(2,3)7-6-12(18)21/h10-13,15-16,21,23-25H,1,4-8H2,2-3H3/t10-,11?,12?,13?,15?,16-,18-,19+,20?/m0/s1. The van der Waals surface area contributed by atoms with Crippen LogP contribution < -0.4 is 0 Å². The molecule has 4 aliphatic carbocycles. The summed E-state index contributed by atoms with van der Waals surface area (Å²) in [6, 6.07) is 0. The van der Waals surface area contributed by atoms with Crippen LogP contribution >= 0.6 is 0 Å². The van der Waals surface area contributed by atoms with Gasteiger partial charge in [-0.3, -0.25) is 4.79 Å². The van der Waals surface area contributed by atoms with E-state index < -0.39 is 58.5 Å². The molecule has 2 heterocycles. The van der Waals surface area contributed by atoms with Gasteiger partial charge in [0.2, 0.25) is 5.79 Å². The maximum absolute atomic E-state index is 13.3. The van der Waals surface area contributed by atoms with Gasteiger partial charge < -0.3 is 25.2 Å². The van der Waals surface area contributed by atoms with Crippen molar-refractivity contribution in [3.05, 3.63) is 12.2 Å². The first kappa shape index (κ1) is 17.3. The Bertz CT molecular complexity index is 717. The minimum atomic E-state index is -2.15. The Hall–Kier alpha value is -0.790. The van der Waals surface area contributed by atoms with E-state index in [1.807, 2.05) is 13.8 Å². The van der Waals surface area contributed by atoms with Crippen molar-refractivity contribution in [3.63, 3.8) is 0 Å². The molecule has 4 N–H and O–H groups in total. The van der Waals surface area contributed by atoms with Gasteiger partial charge in [0.25, 0.3) is 0 Å². The molecule has 9 atom stereocenters. The Morgan fingerprint density at radius 2 is 1.81 bits per heavy atom. The maximum atomic E-state index is 13.3. The molecular formula is C20H28O6. The second-order valence-electron chi connectivity index (χ2n) is 9.97. The molecule has 0 aromatic heterocycles. The van der Waals surface area contributed by atoms with E-state index in [0.29, 0.717) is 24.8 Å². The lowest BCUT2D eigenvalue weighted by atomic mass is 9.35. The van der Waals surface area contributed by atoms with Crippen molar-refractivity contribution >= 4 is 5.78 Å². The highest BCUT2D eigenvalue weighted by Crippen LogP contribution is 2.76. The van der Waals surface area contributed by atoms with Gasteiger partial charge in [0, 0.05) is 17.3 Å². The fourth-order valence-electron chi connectivity index (χ4n) is 7.90. The third-order valence-electron chi connectivity index (χ3n) is 8.88. The lowest BCUT2D eigenvalue weighted by Gasteiger charge is -2.74. The van der Waals surface area contributed by atoms with Crippen molar-refractivity contribution in [1.82, 2.24) is 0 Å². The van der Waals surface area contributed by atoms with E-state index in [9.17, 15) is 25.2 Å². The highest BCUT2D eigenvalue weighted by Gasteiger charge is 2.86. The average molecular weight is 364 g/mol. The molecule has 4 bridgehead atoms. The first-order chi connectivity index (χ1) is 12.1. The largest absolute Gasteiger partial charge is 0.392 e. The van der Waals surface area contributed by atoms with Crippen LogP contribution in [0, 0.1) is 34.0 Å². The molecule has 0 amide bonds. The van der Waals surface area contributed by atoms with E-state index in [0.717, 1.165) is 6.42 Å². The summed E-state index contributed by atoms with van der Waals surface area (Å²) in [5, 5.41) is 45.1. The number of hydrogen-bond acceptors (Lipinski definition) is 6. The molecule has 26 heavy (non-hydrogen) atoms. The first-order valence-corrected chi connectivity index (χ1v) is 9.71. The SMILES string of the molecule is C=C1C(=O)[C@@]23C(O)[C@H]1CCC2[C@]12COC3(O)[C@@H](O)C1C(C)(C)CCC2O. The first-order valence-electron chi connectivity index (χ1n) is 9.71.